The van der Waals surface area contributed by atoms with Crippen molar-refractivity contribution in [3.8, 4) is 5.69 Å². The molecule has 138 valence electrons. The minimum atomic E-state index is -1.05. The minimum Gasteiger partial charge on any atom is -0.442 e. The second kappa shape index (κ2) is 7.82. The van der Waals surface area contributed by atoms with Crippen molar-refractivity contribution in [3.05, 3.63) is 77.6 Å². The van der Waals surface area contributed by atoms with Crippen molar-refractivity contribution >= 4 is 11.9 Å². The number of amides is 1. The highest BCUT2D eigenvalue weighted by Gasteiger charge is 2.29. The molecule has 1 heterocycles. The topological polar surface area (TPSA) is 77.3 Å². The van der Waals surface area contributed by atoms with E-state index >= 15 is 0 Å². The van der Waals surface area contributed by atoms with Gasteiger partial charge in [0.15, 0.2) is 5.69 Å². The van der Waals surface area contributed by atoms with Gasteiger partial charge in [-0.15, -0.1) is 5.10 Å². The Hall–Kier alpha value is -3.48. The smallest absolute Gasteiger partial charge is 0.361 e. The van der Waals surface area contributed by atoms with Gasteiger partial charge in [-0.2, -0.15) is 9.90 Å². The summed E-state index contributed by atoms with van der Waals surface area (Å²) in [7, 11) is 3.23. The number of esters is 1. The number of benzene rings is 2. The van der Waals surface area contributed by atoms with Gasteiger partial charge in [0.2, 0.25) is 6.10 Å². The summed E-state index contributed by atoms with van der Waals surface area (Å²) in [5.41, 5.74) is 1.82. The number of aromatic nitrogens is 3. The van der Waals surface area contributed by atoms with Gasteiger partial charge < -0.3 is 9.64 Å². The van der Waals surface area contributed by atoms with Crippen molar-refractivity contribution in [2.24, 2.45) is 0 Å². The first-order valence-corrected chi connectivity index (χ1v) is 8.44. The van der Waals surface area contributed by atoms with E-state index in [1.807, 2.05) is 36.4 Å². The van der Waals surface area contributed by atoms with Crippen LogP contribution in [0.25, 0.3) is 5.69 Å². The van der Waals surface area contributed by atoms with Crippen LogP contribution in [0.15, 0.2) is 60.7 Å². The number of likely N-dealkylation sites (N-methyl/N-ethyl adjacent to an activating group) is 1. The first-order chi connectivity index (χ1) is 13.0. The fourth-order valence-corrected chi connectivity index (χ4v) is 2.53. The fraction of sp³-hybridized carbons (Fsp3) is 0.200. The van der Waals surface area contributed by atoms with Crippen LogP contribution in [-0.2, 0) is 9.53 Å². The third kappa shape index (κ3) is 4.03. The molecule has 7 heteroatoms. The Morgan fingerprint density at radius 2 is 1.56 bits per heavy atom. The SMILES string of the molecule is Cc1nn(-c2ccccc2)nc1C(=O)O[C@H](C(=O)N(C)C)c1ccccc1. The van der Waals surface area contributed by atoms with Gasteiger partial charge in [0.1, 0.15) is 0 Å². The number of ether oxygens (including phenoxy) is 1. The summed E-state index contributed by atoms with van der Waals surface area (Å²) >= 11 is 0. The summed E-state index contributed by atoms with van der Waals surface area (Å²) < 4.78 is 5.53. The highest BCUT2D eigenvalue weighted by atomic mass is 16.5. The number of hydrogen-bond acceptors (Lipinski definition) is 5. The van der Waals surface area contributed by atoms with Crippen LogP contribution in [0.3, 0.4) is 0 Å². The predicted molar refractivity (Wildman–Crippen MR) is 99.4 cm³/mol. The standard InChI is InChI=1S/C20H20N4O3/c1-14-17(22-24(21-14)16-12-8-5-9-13-16)20(26)27-18(19(25)23(2)3)15-10-6-4-7-11-15/h4-13,18H,1-3H3/t18-/m0/s1. The fourth-order valence-electron chi connectivity index (χ4n) is 2.53. The number of rotatable bonds is 5. The molecule has 3 rings (SSSR count). The first kappa shape index (κ1) is 18.3. The molecular weight excluding hydrogens is 344 g/mol. The molecule has 0 bridgehead atoms. The zero-order valence-corrected chi connectivity index (χ0v) is 15.4. The van der Waals surface area contributed by atoms with Crippen LogP contribution in [0, 0.1) is 6.92 Å². The molecule has 0 fully saturated rings. The van der Waals surface area contributed by atoms with E-state index in [0.717, 1.165) is 5.69 Å². The van der Waals surface area contributed by atoms with E-state index in [1.54, 1.807) is 45.3 Å². The third-order valence-electron chi connectivity index (χ3n) is 3.95. The number of para-hydroxylation sites is 1. The lowest BCUT2D eigenvalue weighted by Crippen LogP contribution is -2.31. The van der Waals surface area contributed by atoms with E-state index in [1.165, 1.54) is 9.70 Å². The molecular formula is C20H20N4O3. The van der Waals surface area contributed by atoms with Gasteiger partial charge in [-0.3, -0.25) is 4.79 Å². The van der Waals surface area contributed by atoms with Crippen LogP contribution in [0.5, 0.6) is 0 Å². The number of carbonyl (C=O) groups excluding carboxylic acids is 2. The molecule has 1 atom stereocenters. The Balaban J connectivity index is 1.88. The first-order valence-electron chi connectivity index (χ1n) is 8.44. The number of hydrogen-bond donors (Lipinski definition) is 0. The van der Waals surface area contributed by atoms with E-state index in [2.05, 4.69) is 10.2 Å². The quantitative estimate of drug-likeness (QED) is 0.650. The van der Waals surface area contributed by atoms with Crippen LogP contribution in [-0.4, -0.2) is 45.9 Å². The number of aryl methyl sites for hydroxylation is 1. The number of carbonyl (C=O) groups is 2. The molecule has 0 aliphatic carbocycles. The van der Waals surface area contributed by atoms with Crippen LogP contribution < -0.4 is 0 Å². The van der Waals surface area contributed by atoms with Crippen LogP contribution >= 0.6 is 0 Å². The van der Waals surface area contributed by atoms with Crippen LogP contribution in [0.4, 0.5) is 0 Å². The lowest BCUT2D eigenvalue weighted by Gasteiger charge is -2.20. The lowest BCUT2D eigenvalue weighted by atomic mass is 10.1. The Morgan fingerprint density at radius 3 is 2.15 bits per heavy atom. The summed E-state index contributed by atoms with van der Waals surface area (Å²) in [6.45, 7) is 1.67. The van der Waals surface area contributed by atoms with Gasteiger partial charge in [-0.05, 0) is 19.1 Å². The van der Waals surface area contributed by atoms with Gasteiger partial charge in [0, 0.05) is 19.7 Å². The maximum Gasteiger partial charge on any atom is 0.361 e. The van der Waals surface area contributed by atoms with Crippen LogP contribution in [0.2, 0.25) is 0 Å². The van der Waals surface area contributed by atoms with Crippen LogP contribution in [0.1, 0.15) is 27.8 Å². The summed E-state index contributed by atoms with van der Waals surface area (Å²) in [6, 6.07) is 18.1. The molecule has 2 aromatic carbocycles. The molecule has 0 aliphatic rings. The molecule has 1 aromatic heterocycles. The highest BCUT2D eigenvalue weighted by Crippen LogP contribution is 2.21. The van der Waals surface area contributed by atoms with Gasteiger partial charge >= 0.3 is 5.97 Å². The molecule has 0 spiro atoms. The Labute approximate surface area is 157 Å². The lowest BCUT2D eigenvalue weighted by molar-refractivity contribution is -0.138. The summed E-state index contributed by atoms with van der Waals surface area (Å²) in [5, 5.41) is 8.51. The van der Waals surface area contributed by atoms with E-state index in [-0.39, 0.29) is 11.6 Å². The van der Waals surface area contributed by atoms with Crippen molar-refractivity contribution in [3.63, 3.8) is 0 Å². The zero-order valence-electron chi connectivity index (χ0n) is 15.4. The summed E-state index contributed by atoms with van der Waals surface area (Å²) in [6.07, 6.45) is -1.05. The molecule has 0 saturated carbocycles. The predicted octanol–water partition coefficient (Wildman–Crippen LogP) is 2.56. The number of nitrogens with zero attached hydrogens (tertiary/aromatic N) is 4. The second-order valence-electron chi connectivity index (χ2n) is 6.19. The maximum absolute atomic E-state index is 12.7. The van der Waals surface area contributed by atoms with Gasteiger partial charge in [-0.1, -0.05) is 48.5 Å². The van der Waals surface area contributed by atoms with Gasteiger partial charge in [-0.25, -0.2) is 4.79 Å². The van der Waals surface area contributed by atoms with E-state index in [4.69, 9.17) is 4.74 Å². The third-order valence-corrected chi connectivity index (χ3v) is 3.95. The largest absolute Gasteiger partial charge is 0.442 e. The normalized spacial score (nSPS) is 11.7. The Kier molecular flexibility index (Phi) is 5.30. The second-order valence-corrected chi connectivity index (χ2v) is 6.19. The monoisotopic (exact) mass is 364 g/mol. The molecule has 3 aromatic rings. The molecule has 27 heavy (non-hydrogen) atoms. The highest BCUT2D eigenvalue weighted by molar-refractivity contribution is 5.91. The van der Waals surface area contributed by atoms with Crippen molar-refractivity contribution in [1.82, 2.24) is 19.9 Å². The molecule has 0 aliphatic heterocycles. The van der Waals surface area contributed by atoms with Crippen molar-refractivity contribution in [2.45, 2.75) is 13.0 Å². The zero-order chi connectivity index (χ0) is 19.4. The van der Waals surface area contributed by atoms with Gasteiger partial charge in [0.25, 0.3) is 5.91 Å². The van der Waals surface area contributed by atoms with E-state index in [0.29, 0.717) is 11.3 Å². The molecule has 0 radical (unpaired) electrons. The average Bonchev–Trinajstić information content (AvgIpc) is 3.08. The average molecular weight is 364 g/mol. The summed E-state index contributed by atoms with van der Waals surface area (Å²) in [5.74, 6) is -1.03. The van der Waals surface area contributed by atoms with E-state index < -0.39 is 12.1 Å². The van der Waals surface area contributed by atoms with Crippen molar-refractivity contribution in [2.75, 3.05) is 14.1 Å². The molecule has 1 amide bonds. The van der Waals surface area contributed by atoms with Crippen molar-refractivity contribution < 1.29 is 14.3 Å². The van der Waals surface area contributed by atoms with Gasteiger partial charge in [0.05, 0.1) is 11.4 Å². The molecule has 7 nitrogen and oxygen atoms in total. The summed E-state index contributed by atoms with van der Waals surface area (Å²) in [4.78, 5) is 28.0. The molecule has 0 saturated heterocycles. The Morgan fingerprint density at radius 1 is 0.963 bits per heavy atom. The molecule has 0 unspecified atom stereocenters. The molecule has 0 N–H and O–H groups in total. The maximum atomic E-state index is 12.7. The van der Waals surface area contributed by atoms with Crippen molar-refractivity contribution in [1.29, 1.82) is 0 Å². The van der Waals surface area contributed by atoms with E-state index in [9.17, 15) is 9.59 Å². The minimum absolute atomic E-state index is 0.0753. The Bertz CT molecular complexity index is 936.